The quantitative estimate of drug-likeness (QED) is 0.900. The Balaban J connectivity index is 2.30. The van der Waals surface area contributed by atoms with Crippen LogP contribution in [0.2, 0.25) is 0 Å². The molecule has 0 atom stereocenters. The van der Waals surface area contributed by atoms with Crippen molar-refractivity contribution in [2.24, 2.45) is 0 Å². The van der Waals surface area contributed by atoms with Gasteiger partial charge in [0.1, 0.15) is 5.82 Å². The number of carbonyl (C=O) groups is 1. The van der Waals surface area contributed by atoms with Crippen LogP contribution in [0.3, 0.4) is 0 Å². The molecule has 0 saturated heterocycles. The van der Waals surface area contributed by atoms with Crippen LogP contribution in [0.4, 0.5) is 15.8 Å². The number of anilines is 2. The van der Waals surface area contributed by atoms with Gasteiger partial charge in [-0.2, -0.15) is 5.10 Å². The van der Waals surface area contributed by atoms with E-state index < -0.39 is 11.7 Å². The van der Waals surface area contributed by atoms with E-state index in [0.29, 0.717) is 5.69 Å². The average Bonchev–Trinajstić information content (AvgIpc) is 2.80. The summed E-state index contributed by atoms with van der Waals surface area (Å²) in [4.78, 5) is 13.5. The Hall–Kier alpha value is -2.37. The van der Waals surface area contributed by atoms with E-state index in [2.05, 4.69) is 10.2 Å². The van der Waals surface area contributed by atoms with E-state index in [-0.39, 0.29) is 11.4 Å². The van der Waals surface area contributed by atoms with Gasteiger partial charge in [-0.1, -0.05) is 25.5 Å². The minimum absolute atomic E-state index is 0.124. The third-order valence-corrected chi connectivity index (χ3v) is 3.10. The average molecular weight is 276 g/mol. The number of nitrogens with one attached hydrogen (secondary N) is 1. The number of para-hydroxylation sites is 1. The molecule has 0 aliphatic carbocycles. The number of nitrogens with zero attached hydrogens (tertiary/aromatic N) is 2. The van der Waals surface area contributed by atoms with Crippen molar-refractivity contribution in [2.75, 3.05) is 17.7 Å². The fraction of sp³-hybridized carbons (Fsp3) is 0.286. The summed E-state index contributed by atoms with van der Waals surface area (Å²) in [5.74, 6) is -0.905. The van der Waals surface area contributed by atoms with Gasteiger partial charge in [0.05, 0.1) is 17.1 Å². The maximum atomic E-state index is 13.7. The minimum atomic E-state index is -0.466. The number of hydrogen-bond acceptors (Lipinski definition) is 3. The summed E-state index contributed by atoms with van der Waals surface area (Å²) in [6, 6.07) is 6.07. The Morgan fingerprint density at radius 3 is 2.80 bits per heavy atom. The number of aryl methyl sites for hydroxylation is 1. The fourth-order valence-electron chi connectivity index (χ4n) is 1.98. The lowest BCUT2D eigenvalue weighted by Gasteiger charge is -2.16. The van der Waals surface area contributed by atoms with Crippen molar-refractivity contribution in [3.8, 4) is 0 Å². The Kier molecular flexibility index (Phi) is 4.02. The number of aromatic nitrogens is 2. The SMILES string of the molecule is CCCc1[nH]nc(C(=O)N(C)c2ccccc2F)c1N. The zero-order valence-electron chi connectivity index (χ0n) is 11.5. The van der Waals surface area contributed by atoms with Crippen LogP contribution in [0, 0.1) is 5.82 Å². The predicted molar refractivity (Wildman–Crippen MR) is 76.1 cm³/mol. The standard InChI is InChI=1S/C14H17FN4O/c1-3-6-10-12(16)13(18-17-10)14(20)19(2)11-8-5-4-7-9(11)15/h4-5,7-8H,3,6,16H2,1-2H3,(H,17,18). The van der Waals surface area contributed by atoms with Crippen LogP contribution in [0.25, 0.3) is 0 Å². The summed E-state index contributed by atoms with van der Waals surface area (Å²) in [6.45, 7) is 2.01. The van der Waals surface area contributed by atoms with Crippen molar-refractivity contribution in [1.29, 1.82) is 0 Å². The van der Waals surface area contributed by atoms with Gasteiger partial charge in [0.15, 0.2) is 5.69 Å². The molecule has 1 aromatic heterocycles. The van der Waals surface area contributed by atoms with Crippen molar-refractivity contribution in [1.82, 2.24) is 10.2 Å². The smallest absolute Gasteiger partial charge is 0.280 e. The van der Waals surface area contributed by atoms with Crippen LogP contribution in [0.15, 0.2) is 24.3 Å². The summed E-state index contributed by atoms with van der Waals surface area (Å²) in [5, 5.41) is 6.71. The summed E-state index contributed by atoms with van der Waals surface area (Å²) in [7, 11) is 1.49. The summed E-state index contributed by atoms with van der Waals surface area (Å²) < 4.78 is 13.7. The molecule has 1 amide bonds. The van der Waals surface area contributed by atoms with Gasteiger partial charge in [0.25, 0.3) is 5.91 Å². The third kappa shape index (κ3) is 2.49. The molecule has 0 aliphatic heterocycles. The first kappa shape index (κ1) is 14.0. The predicted octanol–water partition coefficient (Wildman–Crippen LogP) is 2.36. The molecule has 2 aromatic rings. The van der Waals surface area contributed by atoms with Crippen molar-refractivity contribution >= 4 is 17.3 Å². The Labute approximate surface area is 116 Å². The van der Waals surface area contributed by atoms with Crippen LogP contribution in [-0.4, -0.2) is 23.2 Å². The van der Waals surface area contributed by atoms with Gasteiger partial charge in [-0.25, -0.2) is 4.39 Å². The molecule has 20 heavy (non-hydrogen) atoms. The molecule has 0 bridgehead atoms. The lowest BCUT2D eigenvalue weighted by atomic mass is 10.2. The number of amides is 1. The lowest BCUT2D eigenvalue weighted by Crippen LogP contribution is -2.28. The number of halogens is 1. The zero-order chi connectivity index (χ0) is 14.7. The van der Waals surface area contributed by atoms with Crippen LogP contribution in [0.1, 0.15) is 29.5 Å². The van der Waals surface area contributed by atoms with E-state index in [1.165, 1.54) is 24.1 Å². The van der Waals surface area contributed by atoms with Gasteiger partial charge in [-0.15, -0.1) is 0 Å². The molecule has 6 heteroatoms. The molecule has 0 spiro atoms. The first-order valence-electron chi connectivity index (χ1n) is 6.41. The molecule has 0 aliphatic rings. The molecule has 1 aromatic carbocycles. The molecular formula is C14H17FN4O. The summed E-state index contributed by atoms with van der Waals surface area (Å²) in [6.07, 6.45) is 1.61. The van der Waals surface area contributed by atoms with Gasteiger partial charge in [0, 0.05) is 7.05 Å². The highest BCUT2D eigenvalue weighted by Crippen LogP contribution is 2.22. The number of benzene rings is 1. The normalized spacial score (nSPS) is 10.6. The van der Waals surface area contributed by atoms with Crippen molar-refractivity contribution in [2.45, 2.75) is 19.8 Å². The summed E-state index contributed by atoms with van der Waals surface area (Å²) >= 11 is 0. The number of nitrogen functional groups attached to an aromatic ring is 1. The fourth-order valence-corrected chi connectivity index (χ4v) is 1.98. The largest absolute Gasteiger partial charge is 0.395 e. The van der Waals surface area contributed by atoms with Crippen LogP contribution in [0.5, 0.6) is 0 Å². The summed E-state index contributed by atoms with van der Waals surface area (Å²) in [5.41, 5.74) is 7.29. The molecule has 0 radical (unpaired) electrons. The van der Waals surface area contributed by atoms with Crippen molar-refractivity contribution in [3.63, 3.8) is 0 Å². The van der Waals surface area contributed by atoms with E-state index in [9.17, 15) is 9.18 Å². The van der Waals surface area contributed by atoms with E-state index in [4.69, 9.17) is 5.73 Å². The molecule has 2 rings (SSSR count). The molecule has 0 fully saturated rings. The Morgan fingerprint density at radius 2 is 2.15 bits per heavy atom. The van der Waals surface area contributed by atoms with Crippen LogP contribution >= 0.6 is 0 Å². The Morgan fingerprint density at radius 1 is 1.45 bits per heavy atom. The van der Waals surface area contributed by atoms with E-state index >= 15 is 0 Å². The minimum Gasteiger partial charge on any atom is -0.395 e. The lowest BCUT2D eigenvalue weighted by molar-refractivity contribution is 0.0988. The monoisotopic (exact) mass is 276 g/mol. The number of carbonyl (C=O) groups excluding carboxylic acids is 1. The van der Waals surface area contributed by atoms with Crippen molar-refractivity contribution < 1.29 is 9.18 Å². The van der Waals surface area contributed by atoms with Gasteiger partial charge >= 0.3 is 0 Å². The van der Waals surface area contributed by atoms with E-state index in [1.807, 2.05) is 6.92 Å². The van der Waals surface area contributed by atoms with E-state index in [1.54, 1.807) is 12.1 Å². The molecule has 0 saturated carbocycles. The second kappa shape index (κ2) is 5.73. The van der Waals surface area contributed by atoms with Crippen LogP contribution < -0.4 is 10.6 Å². The third-order valence-electron chi connectivity index (χ3n) is 3.10. The highest BCUT2D eigenvalue weighted by atomic mass is 19.1. The Bertz CT molecular complexity index is 623. The number of hydrogen-bond donors (Lipinski definition) is 2. The molecule has 3 N–H and O–H groups in total. The second-order valence-electron chi connectivity index (χ2n) is 4.53. The molecule has 106 valence electrons. The number of aromatic amines is 1. The van der Waals surface area contributed by atoms with Gasteiger partial charge in [0.2, 0.25) is 0 Å². The first-order chi connectivity index (χ1) is 9.56. The topological polar surface area (TPSA) is 75.0 Å². The zero-order valence-corrected chi connectivity index (χ0v) is 11.5. The molecule has 5 nitrogen and oxygen atoms in total. The van der Waals surface area contributed by atoms with Crippen LogP contribution in [-0.2, 0) is 6.42 Å². The number of rotatable bonds is 4. The molecule has 0 unspecified atom stereocenters. The maximum Gasteiger partial charge on any atom is 0.280 e. The first-order valence-corrected chi connectivity index (χ1v) is 6.41. The van der Waals surface area contributed by atoms with Gasteiger partial charge < -0.3 is 10.6 Å². The highest BCUT2D eigenvalue weighted by molar-refractivity contribution is 6.07. The van der Waals surface area contributed by atoms with Crippen molar-refractivity contribution in [3.05, 3.63) is 41.5 Å². The number of H-pyrrole nitrogens is 1. The molecule has 1 heterocycles. The molecular weight excluding hydrogens is 259 g/mol. The van der Waals surface area contributed by atoms with Gasteiger partial charge in [-0.3, -0.25) is 9.89 Å². The second-order valence-corrected chi connectivity index (χ2v) is 4.53. The highest BCUT2D eigenvalue weighted by Gasteiger charge is 2.22. The van der Waals surface area contributed by atoms with Gasteiger partial charge in [-0.05, 0) is 18.6 Å². The van der Waals surface area contributed by atoms with E-state index in [0.717, 1.165) is 18.5 Å². The maximum absolute atomic E-state index is 13.7. The number of nitrogens with two attached hydrogens (primary N) is 1.